The molecular formula is C15H33IN4O2S2. The van der Waals surface area contributed by atoms with Crippen LogP contribution in [-0.4, -0.2) is 56.3 Å². The zero-order valence-corrected chi connectivity index (χ0v) is 19.3. The van der Waals surface area contributed by atoms with Gasteiger partial charge in [0, 0.05) is 23.4 Å². The highest BCUT2D eigenvalue weighted by Crippen LogP contribution is 2.29. The van der Waals surface area contributed by atoms with Crippen LogP contribution < -0.4 is 15.4 Å². The number of hydrogen-bond acceptors (Lipinski definition) is 4. The SMILES string of the molecule is CCNC(=NCC(C)(C)NS(C)(=O)=O)NC1CCC(SCC)C1.I. The first-order chi connectivity index (χ1) is 10.6. The first kappa shape index (κ1) is 24.3. The number of rotatable bonds is 8. The molecule has 2 atom stereocenters. The maximum Gasteiger partial charge on any atom is 0.209 e. The van der Waals surface area contributed by atoms with Crippen molar-refractivity contribution in [1.29, 1.82) is 0 Å². The lowest BCUT2D eigenvalue weighted by atomic mass is 10.1. The van der Waals surface area contributed by atoms with Gasteiger partial charge in [-0.1, -0.05) is 6.92 Å². The lowest BCUT2D eigenvalue weighted by Crippen LogP contribution is -2.47. The molecule has 0 aromatic heterocycles. The summed E-state index contributed by atoms with van der Waals surface area (Å²) in [5, 5.41) is 7.48. The first-order valence-corrected chi connectivity index (χ1v) is 11.2. The number of nitrogens with one attached hydrogen (secondary N) is 3. The zero-order valence-electron chi connectivity index (χ0n) is 15.4. The molecule has 0 bridgehead atoms. The third kappa shape index (κ3) is 10.3. The predicted molar refractivity (Wildman–Crippen MR) is 116 cm³/mol. The van der Waals surface area contributed by atoms with Crippen LogP contribution in [0, 0.1) is 0 Å². The van der Waals surface area contributed by atoms with E-state index in [1.807, 2.05) is 32.5 Å². The number of halogens is 1. The normalized spacial score (nSPS) is 22.1. The summed E-state index contributed by atoms with van der Waals surface area (Å²) in [5.74, 6) is 1.93. The summed E-state index contributed by atoms with van der Waals surface area (Å²) in [6, 6.07) is 0.447. The van der Waals surface area contributed by atoms with Crippen LogP contribution >= 0.6 is 35.7 Å². The summed E-state index contributed by atoms with van der Waals surface area (Å²) in [4.78, 5) is 4.56. The van der Waals surface area contributed by atoms with Crippen LogP contribution in [0.2, 0.25) is 0 Å². The fourth-order valence-corrected chi connectivity index (χ4v) is 4.99. The van der Waals surface area contributed by atoms with Crippen LogP contribution in [0.1, 0.15) is 47.0 Å². The van der Waals surface area contributed by atoms with Crippen molar-refractivity contribution in [2.24, 2.45) is 4.99 Å². The van der Waals surface area contributed by atoms with Crippen molar-refractivity contribution in [1.82, 2.24) is 15.4 Å². The molecule has 0 amide bonds. The van der Waals surface area contributed by atoms with Crippen molar-refractivity contribution in [2.45, 2.75) is 63.8 Å². The second-order valence-electron chi connectivity index (χ2n) is 6.68. The molecule has 2 unspecified atom stereocenters. The topological polar surface area (TPSA) is 82.6 Å². The van der Waals surface area contributed by atoms with E-state index in [2.05, 4.69) is 27.3 Å². The van der Waals surface area contributed by atoms with E-state index in [4.69, 9.17) is 0 Å². The molecule has 0 saturated heterocycles. The van der Waals surface area contributed by atoms with Crippen LogP contribution in [0.5, 0.6) is 0 Å². The van der Waals surface area contributed by atoms with E-state index in [-0.39, 0.29) is 24.0 Å². The smallest absolute Gasteiger partial charge is 0.209 e. The Bertz CT molecular complexity index is 498. The van der Waals surface area contributed by atoms with E-state index in [1.165, 1.54) is 12.7 Å². The molecule has 0 aromatic carbocycles. The van der Waals surface area contributed by atoms with Crippen molar-refractivity contribution in [3.05, 3.63) is 0 Å². The quantitative estimate of drug-likeness (QED) is 0.275. The van der Waals surface area contributed by atoms with Crippen molar-refractivity contribution < 1.29 is 8.42 Å². The minimum atomic E-state index is -3.24. The summed E-state index contributed by atoms with van der Waals surface area (Å²) in [6.07, 6.45) is 4.74. The predicted octanol–water partition coefficient (Wildman–Crippen LogP) is 2.16. The molecule has 0 aromatic rings. The van der Waals surface area contributed by atoms with Gasteiger partial charge in [-0.25, -0.2) is 13.1 Å². The number of aliphatic imine (C=N–C) groups is 1. The molecule has 0 aliphatic heterocycles. The lowest BCUT2D eigenvalue weighted by Gasteiger charge is -2.24. The van der Waals surface area contributed by atoms with E-state index < -0.39 is 15.6 Å². The molecule has 1 rings (SSSR count). The second-order valence-corrected chi connectivity index (χ2v) is 10.0. The molecule has 0 heterocycles. The summed E-state index contributed by atoms with van der Waals surface area (Å²) in [7, 11) is -3.24. The van der Waals surface area contributed by atoms with E-state index in [1.54, 1.807) is 0 Å². The van der Waals surface area contributed by atoms with Crippen LogP contribution in [0.25, 0.3) is 0 Å². The number of hydrogen-bond donors (Lipinski definition) is 3. The van der Waals surface area contributed by atoms with E-state index >= 15 is 0 Å². The van der Waals surface area contributed by atoms with E-state index in [9.17, 15) is 8.42 Å². The standard InChI is InChI=1S/C15H32N4O2S2.HI/c1-6-16-14(17-11-15(3,4)19-23(5,20)21)18-12-8-9-13(10-12)22-7-2;/h12-13,19H,6-11H2,1-5H3,(H2,16,17,18);1H. The molecular weight excluding hydrogens is 459 g/mol. The molecule has 1 aliphatic rings. The average molecular weight is 492 g/mol. The highest BCUT2D eigenvalue weighted by molar-refractivity contribution is 14.0. The van der Waals surface area contributed by atoms with Gasteiger partial charge < -0.3 is 10.6 Å². The lowest BCUT2D eigenvalue weighted by molar-refractivity contribution is 0.463. The number of nitrogens with zero attached hydrogens (tertiary/aromatic N) is 1. The van der Waals surface area contributed by atoms with Gasteiger partial charge in [0.05, 0.1) is 12.8 Å². The van der Waals surface area contributed by atoms with Gasteiger partial charge >= 0.3 is 0 Å². The van der Waals surface area contributed by atoms with Gasteiger partial charge in [0.1, 0.15) is 0 Å². The zero-order chi connectivity index (χ0) is 17.5. The second kappa shape index (κ2) is 11.1. The minimum absolute atomic E-state index is 0. The van der Waals surface area contributed by atoms with Crippen molar-refractivity contribution >= 4 is 51.7 Å². The van der Waals surface area contributed by atoms with Gasteiger partial charge in [-0.2, -0.15) is 11.8 Å². The summed E-state index contributed by atoms with van der Waals surface area (Å²) >= 11 is 2.03. The molecule has 6 nitrogen and oxygen atoms in total. The Labute approximate surface area is 168 Å². The van der Waals surface area contributed by atoms with Gasteiger partial charge in [-0.15, -0.1) is 24.0 Å². The first-order valence-electron chi connectivity index (χ1n) is 8.30. The molecule has 9 heteroatoms. The van der Waals surface area contributed by atoms with E-state index in [0.29, 0.717) is 12.6 Å². The monoisotopic (exact) mass is 492 g/mol. The molecule has 1 fully saturated rings. The molecule has 1 saturated carbocycles. The Morgan fingerprint density at radius 1 is 1.29 bits per heavy atom. The molecule has 1 aliphatic carbocycles. The van der Waals surface area contributed by atoms with Crippen molar-refractivity contribution in [3.8, 4) is 0 Å². The molecule has 0 radical (unpaired) electrons. The van der Waals surface area contributed by atoms with Gasteiger partial charge in [0.2, 0.25) is 10.0 Å². The van der Waals surface area contributed by atoms with Crippen LogP contribution in [-0.2, 0) is 10.0 Å². The molecule has 3 N–H and O–H groups in total. The van der Waals surface area contributed by atoms with Gasteiger partial charge in [0.25, 0.3) is 0 Å². The fourth-order valence-electron chi connectivity index (χ4n) is 2.78. The Balaban J connectivity index is 0.00000529. The largest absolute Gasteiger partial charge is 0.357 e. The van der Waals surface area contributed by atoms with Crippen molar-refractivity contribution in [2.75, 3.05) is 25.1 Å². The summed E-state index contributed by atoms with van der Waals surface area (Å²) < 4.78 is 25.4. The summed E-state index contributed by atoms with van der Waals surface area (Å²) in [5.41, 5.74) is -0.605. The minimum Gasteiger partial charge on any atom is -0.357 e. The van der Waals surface area contributed by atoms with E-state index in [0.717, 1.165) is 36.3 Å². The van der Waals surface area contributed by atoms with Gasteiger partial charge in [0.15, 0.2) is 5.96 Å². The van der Waals surface area contributed by atoms with Gasteiger partial charge in [-0.3, -0.25) is 4.99 Å². The highest BCUT2D eigenvalue weighted by atomic mass is 127. The Morgan fingerprint density at radius 2 is 1.96 bits per heavy atom. The number of sulfonamides is 1. The maximum absolute atomic E-state index is 11.4. The Morgan fingerprint density at radius 3 is 2.50 bits per heavy atom. The molecule has 0 spiro atoms. The van der Waals surface area contributed by atoms with Crippen LogP contribution in [0.3, 0.4) is 0 Å². The molecule has 144 valence electrons. The highest BCUT2D eigenvalue weighted by Gasteiger charge is 2.26. The fraction of sp³-hybridized carbons (Fsp3) is 0.933. The van der Waals surface area contributed by atoms with Gasteiger partial charge in [-0.05, 0) is 45.8 Å². The third-order valence-electron chi connectivity index (χ3n) is 3.57. The van der Waals surface area contributed by atoms with Crippen LogP contribution in [0.15, 0.2) is 4.99 Å². The molecule has 24 heavy (non-hydrogen) atoms. The Kier molecular flexibility index (Phi) is 11.2. The third-order valence-corrected chi connectivity index (χ3v) is 5.72. The maximum atomic E-state index is 11.4. The van der Waals surface area contributed by atoms with Crippen molar-refractivity contribution in [3.63, 3.8) is 0 Å². The van der Waals surface area contributed by atoms with Crippen LogP contribution in [0.4, 0.5) is 0 Å². The Hall–Kier alpha value is 0.260. The summed E-state index contributed by atoms with van der Waals surface area (Å²) in [6.45, 7) is 9.07. The number of guanidine groups is 1. The average Bonchev–Trinajstić information content (AvgIpc) is 2.81. The number of thioether (sulfide) groups is 1.